The highest BCUT2D eigenvalue weighted by Crippen LogP contribution is 2.23. The summed E-state index contributed by atoms with van der Waals surface area (Å²) >= 11 is 0. The van der Waals surface area contributed by atoms with Crippen molar-refractivity contribution < 1.29 is 0 Å². The number of fused-ring (bicyclic) bond motifs is 1. The number of benzene rings is 1. The van der Waals surface area contributed by atoms with Crippen molar-refractivity contribution in [2.24, 2.45) is 0 Å². The van der Waals surface area contributed by atoms with Crippen LogP contribution in [0, 0.1) is 20.8 Å². The molecule has 0 spiro atoms. The molecule has 0 radical (unpaired) electrons. The average molecular weight is 254 g/mol. The van der Waals surface area contributed by atoms with E-state index in [4.69, 9.17) is 5.73 Å². The molecule has 0 aliphatic carbocycles. The Morgan fingerprint density at radius 2 is 1.74 bits per heavy atom. The maximum absolute atomic E-state index is 5.78. The number of rotatable bonds is 1. The fourth-order valence-electron chi connectivity index (χ4n) is 2.42. The molecule has 0 atom stereocenters. The minimum absolute atomic E-state index is 0.346. The van der Waals surface area contributed by atoms with Gasteiger partial charge in [-0.25, -0.2) is 9.97 Å². The summed E-state index contributed by atoms with van der Waals surface area (Å²) in [4.78, 5) is 8.15. The number of hydrogen-bond acceptors (Lipinski definition) is 5. The van der Waals surface area contributed by atoms with E-state index in [1.165, 1.54) is 11.9 Å². The highest BCUT2D eigenvalue weighted by atomic mass is 15.4. The van der Waals surface area contributed by atoms with Crippen LogP contribution in [-0.2, 0) is 0 Å². The van der Waals surface area contributed by atoms with Crippen molar-refractivity contribution in [1.29, 1.82) is 0 Å². The highest BCUT2D eigenvalue weighted by Gasteiger charge is 2.14. The average Bonchev–Trinajstić information content (AvgIpc) is 2.73. The maximum atomic E-state index is 5.78. The van der Waals surface area contributed by atoms with Gasteiger partial charge in [0, 0.05) is 0 Å². The molecule has 0 saturated carbocycles. The van der Waals surface area contributed by atoms with Crippen molar-refractivity contribution in [2.75, 3.05) is 5.73 Å². The third-order valence-electron chi connectivity index (χ3n) is 3.11. The molecule has 0 unspecified atom stereocenters. The lowest BCUT2D eigenvalue weighted by Gasteiger charge is -2.10. The molecular weight excluding hydrogens is 240 g/mol. The van der Waals surface area contributed by atoms with E-state index >= 15 is 0 Å². The fraction of sp³-hybridized carbons (Fsp3) is 0.231. The summed E-state index contributed by atoms with van der Waals surface area (Å²) in [7, 11) is 0. The quantitative estimate of drug-likeness (QED) is 0.715. The summed E-state index contributed by atoms with van der Waals surface area (Å²) < 4.78 is 1.72. The molecule has 0 bridgehead atoms. The van der Waals surface area contributed by atoms with Crippen LogP contribution in [0.1, 0.15) is 16.7 Å². The van der Waals surface area contributed by atoms with E-state index in [2.05, 4.69) is 39.3 Å². The zero-order valence-electron chi connectivity index (χ0n) is 11.0. The Bertz CT molecular complexity index is 751. The highest BCUT2D eigenvalue weighted by molar-refractivity contribution is 5.81. The Kier molecular flexibility index (Phi) is 2.45. The Balaban J connectivity index is 2.34. The second-order valence-electron chi connectivity index (χ2n) is 4.68. The van der Waals surface area contributed by atoms with Crippen LogP contribution in [0.4, 0.5) is 5.82 Å². The first-order chi connectivity index (χ1) is 9.08. The summed E-state index contributed by atoms with van der Waals surface area (Å²) in [6.07, 6.45) is 1.43. The van der Waals surface area contributed by atoms with Crippen LogP contribution >= 0.6 is 0 Å². The molecular formula is C13H14N6. The van der Waals surface area contributed by atoms with Gasteiger partial charge in [0.25, 0.3) is 0 Å². The maximum Gasteiger partial charge on any atom is 0.189 e. The molecule has 1 aromatic carbocycles. The Labute approximate surface area is 110 Å². The molecule has 19 heavy (non-hydrogen) atoms. The van der Waals surface area contributed by atoms with Crippen LogP contribution in [0.3, 0.4) is 0 Å². The third kappa shape index (κ3) is 1.72. The first-order valence-electron chi connectivity index (χ1n) is 5.98. The molecule has 2 aromatic heterocycles. The summed E-state index contributed by atoms with van der Waals surface area (Å²) in [5, 5.41) is 8.22. The number of nitrogens with zero attached hydrogens (tertiary/aromatic N) is 5. The molecule has 2 N–H and O–H groups in total. The van der Waals surface area contributed by atoms with Crippen molar-refractivity contribution in [2.45, 2.75) is 20.8 Å². The minimum atomic E-state index is 0.346. The minimum Gasteiger partial charge on any atom is -0.382 e. The number of aromatic nitrogens is 5. The van der Waals surface area contributed by atoms with Crippen molar-refractivity contribution in [3.8, 4) is 5.69 Å². The summed E-state index contributed by atoms with van der Waals surface area (Å²) in [6, 6.07) is 4.22. The molecule has 6 heteroatoms. The lowest BCUT2D eigenvalue weighted by Crippen LogP contribution is -2.04. The van der Waals surface area contributed by atoms with Gasteiger partial charge in [0.2, 0.25) is 0 Å². The normalized spacial score (nSPS) is 11.1. The first kappa shape index (κ1) is 11.6. The van der Waals surface area contributed by atoms with Gasteiger partial charge >= 0.3 is 0 Å². The van der Waals surface area contributed by atoms with Gasteiger partial charge in [0.15, 0.2) is 17.0 Å². The largest absolute Gasteiger partial charge is 0.382 e. The van der Waals surface area contributed by atoms with E-state index in [1.54, 1.807) is 4.68 Å². The van der Waals surface area contributed by atoms with Gasteiger partial charge in [-0.3, -0.25) is 0 Å². The van der Waals surface area contributed by atoms with Gasteiger partial charge in [-0.15, -0.1) is 5.10 Å². The van der Waals surface area contributed by atoms with Crippen molar-refractivity contribution >= 4 is 17.0 Å². The Hall–Kier alpha value is -2.50. The van der Waals surface area contributed by atoms with Gasteiger partial charge in [0.05, 0.1) is 5.69 Å². The van der Waals surface area contributed by atoms with Crippen molar-refractivity contribution in [3.63, 3.8) is 0 Å². The van der Waals surface area contributed by atoms with E-state index in [0.717, 1.165) is 16.8 Å². The summed E-state index contributed by atoms with van der Waals surface area (Å²) in [6.45, 7) is 6.17. The number of hydrogen-bond donors (Lipinski definition) is 1. The van der Waals surface area contributed by atoms with Gasteiger partial charge in [-0.1, -0.05) is 22.9 Å². The third-order valence-corrected chi connectivity index (χ3v) is 3.11. The number of nitrogen functional groups attached to an aromatic ring is 1. The summed E-state index contributed by atoms with van der Waals surface area (Å²) in [5.74, 6) is 0.346. The van der Waals surface area contributed by atoms with E-state index < -0.39 is 0 Å². The number of anilines is 1. The van der Waals surface area contributed by atoms with Crippen LogP contribution in [0.2, 0.25) is 0 Å². The second-order valence-corrected chi connectivity index (χ2v) is 4.68. The molecule has 6 nitrogen and oxygen atoms in total. The van der Waals surface area contributed by atoms with E-state index in [-0.39, 0.29) is 0 Å². The molecule has 3 rings (SSSR count). The predicted octanol–water partition coefficient (Wildman–Crippen LogP) is 1.72. The van der Waals surface area contributed by atoms with Gasteiger partial charge < -0.3 is 5.73 Å². The molecule has 0 aliphatic heterocycles. The zero-order chi connectivity index (χ0) is 13.6. The molecule has 3 aromatic rings. The lowest BCUT2D eigenvalue weighted by atomic mass is 10.1. The van der Waals surface area contributed by atoms with Crippen molar-refractivity contribution in [3.05, 3.63) is 35.2 Å². The molecule has 0 aliphatic rings. The van der Waals surface area contributed by atoms with Gasteiger partial charge in [-0.05, 0) is 31.9 Å². The topological polar surface area (TPSA) is 82.5 Å². The smallest absolute Gasteiger partial charge is 0.189 e. The zero-order valence-corrected chi connectivity index (χ0v) is 11.0. The Morgan fingerprint density at radius 3 is 2.42 bits per heavy atom. The van der Waals surface area contributed by atoms with Gasteiger partial charge in [0.1, 0.15) is 6.33 Å². The van der Waals surface area contributed by atoms with Crippen LogP contribution < -0.4 is 5.73 Å². The van der Waals surface area contributed by atoms with Crippen molar-refractivity contribution in [1.82, 2.24) is 25.0 Å². The Morgan fingerprint density at radius 1 is 1.05 bits per heavy atom. The fourth-order valence-corrected chi connectivity index (χ4v) is 2.42. The van der Waals surface area contributed by atoms with E-state index in [0.29, 0.717) is 17.0 Å². The summed E-state index contributed by atoms with van der Waals surface area (Å²) in [5.41, 5.74) is 11.4. The molecule has 0 saturated heterocycles. The first-order valence-corrected chi connectivity index (χ1v) is 5.98. The van der Waals surface area contributed by atoms with Crippen LogP contribution in [0.5, 0.6) is 0 Å². The second kappa shape index (κ2) is 4.01. The molecule has 2 heterocycles. The monoisotopic (exact) mass is 254 g/mol. The van der Waals surface area contributed by atoms with Gasteiger partial charge in [-0.2, -0.15) is 4.68 Å². The predicted molar refractivity (Wildman–Crippen MR) is 73.1 cm³/mol. The SMILES string of the molecule is Cc1cc(C)c(-n2nnc3c(N)ncnc32)c(C)c1. The van der Waals surface area contributed by atoms with E-state index in [1.807, 2.05) is 13.8 Å². The molecule has 0 fully saturated rings. The number of aryl methyl sites for hydroxylation is 3. The standard InChI is InChI=1S/C13H14N6/c1-7-4-8(2)11(9(3)5-7)19-13-10(17-18-19)12(14)15-6-16-13/h4-6H,1-3H3,(H2,14,15,16). The number of nitrogens with two attached hydrogens (primary N) is 1. The molecule has 96 valence electrons. The molecule has 0 amide bonds. The lowest BCUT2D eigenvalue weighted by molar-refractivity contribution is 0.806. The van der Waals surface area contributed by atoms with Crippen LogP contribution in [0.15, 0.2) is 18.5 Å². The van der Waals surface area contributed by atoms with Crippen LogP contribution in [-0.4, -0.2) is 25.0 Å². The van der Waals surface area contributed by atoms with E-state index in [9.17, 15) is 0 Å². The van der Waals surface area contributed by atoms with Crippen LogP contribution in [0.25, 0.3) is 16.9 Å².